The summed E-state index contributed by atoms with van der Waals surface area (Å²) in [4.78, 5) is 13.7. The number of hydrogen-bond donors (Lipinski definition) is 1. The summed E-state index contributed by atoms with van der Waals surface area (Å²) in [5, 5.41) is 2.79. The first-order valence-electron chi connectivity index (χ1n) is 7.91. The van der Waals surface area contributed by atoms with Crippen LogP contribution in [0.2, 0.25) is 0 Å². The van der Waals surface area contributed by atoms with Crippen LogP contribution in [0.5, 0.6) is 0 Å². The maximum absolute atomic E-state index is 12.7. The molecule has 0 radical (unpaired) electrons. The van der Waals surface area contributed by atoms with Crippen molar-refractivity contribution < 1.29 is 18.0 Å². The minimum atomic E-state index is -4.33. The van der Waals surface area contributed by atoms with Crippen LogP contribution in [-0.2, 0) is 11.0 Å². The second-order valence-corrected chi connectivity index (χ2v) is 6.03. The van der Waals surface area contributed by atoms with E-state index in [2.05, 4.69) is 22.1 Å². The lowest BCUT2D eigenvalue weighted by atomic mass is 9.84. The van der Waals surface area contributed by atoms with Gasteiger partial charge in [-0.1, -0.05) is 18.1 Å². The maximum atomic E-state index is 12.7. The lowest BCUT2D eigenvalue weighted by Gasteiger charge is -2.39. The number of alkyl halides is 3. The van der Waals surface area contributed by atoms with Gasteiger partial charge in [0.2, 0.25) is 0 Å². The third kappa shape index (κ3) is 4.51. The molecule has 1 aromatic carbocycles. The normalized spacial score (nSPS) is 21.7. The zero-order valence-electron chi connectivity index (χ0n) is 13.8. The third-order valence-electron chi connectivity index (χ3n) is 4.35. The number of likely N-dealkylation sites (tertiary alicyclic amines) is 1. The summed E-state index contributed by atoms with van der Waals surface area (Å²) >= 11 is 0. The number of benzene rings is 1. The Hall–Kier alpha value is -2.00. The fourth-order valence-corrected chi connectivity index (χ4v) is 3.25. The Balaban J connectivity index is 2.16. The Labute approximate surface area is 140 Å². The SMILES string of the molecule is CC#CC(=O)NC[C@H]1CCCN(C)[C@H]1c1ccc(C(F)(F)F)cc1. The van der Waals surface area contributed by atoms with Crippen molar-refractivity contribution in [2.45, 2.75) is 32.0 Å². The summed E-state index contributed by atoms with van der Waals surface area (Å²) in [6.45, 7) is 2.94. The monoisotopic (exact) mass is 338 g/mol. The van der Waals surface area contributed by atoms with Gasteiger partial charge in [-0.3, -0.25) is 9.69 Å². The summed E-state index contributed by atoms with van der Waals surface area (Å²) in [6, 6.07) is 5.30. The number of rotatable bonds is 3. The van der Waals surface area contributed by atoms with E-state index in [1.807, 2.05) is 7.05 Å². The first-order chi connectivity index (χ1) is 11.3. The van der Waals surface area contributed by atoms with E-state index in [9.17, 15) is 18.0 Å². The Morgan fingerprint density at radius 3 is 2.58 bits per heavy atom. The summed E-state index contributed by atoms with van der Waals surface area (Å²) < 4.78 is 38.2. The predicted molar refractivity (Wildman–Crippen MR) is 86.0 cm³/mol. The maximum Gasteiger partial charge on any atom is 0.416 e. The van der Waals surface area contributed by atoms with Gasteiger partial charge < -0.3 is 5.32 Å². The molecular weight excluding hydrogens is 317 g/mol. The first kappa shape index (κ1) is 18.3. The molecule has 1 fully saturated rings. The fraction of sp³-hybridized carbons (Fsp3) is 0.500. The van der Waals surface area contributed by atoms with Crippen molar-refractivity contribution in [1.29, 1.82) is 0 Å². The van der Waals surface area contributed by atoms with E-state index in [0.717, 1.165) is 37.1 Å². The number of piperidine rings is 1. The molecule has 1 heterocycles. The number of nitrogens with one attached hydrogen (secondary N) is 1. The molecule has 1 aliphatic heterocycles. The minimum Gasteiger partial charge on any atom is -0.345 e. The molecule has 3 nitrogen and oxygen atoms in total. The smallest absolute Gasteiger partial charge is 0.345 e. The van der Waals surface area contributed by atoms with E-state index >= 15 is 0 Å². The molecular formula is C18H21F3N2O. The molecule has 6 heteroatoms. The highest BCUT2D eigenvalue weighted by molar-refractivity contribution is 5.93. The van der Waals surface area contributed by atoms with Gasteiger partial charge in [0, 0.05) is 12.6 Å². The molecule has 0 bridgehead atoms. The first-order valence-corrected chi connectivity index (χ1v) is 7.91. The van der Waals surface area contributed by atoms with E-state index in [-0.39, 0.29) is 17.9 Å². The van der Waals surface area contributed by atoms with Crippen molar-refractivity contribution in [2.24, 2.45) is 5.92 Å². The highest BCUT2D eigenvalue weighted by Gasteiger charge is 2.33. The highest BCUT2D eigenvalue weighted by atomic mass is 19.4. The molecule has 130 valence electrons. The van der Waals surface area contributed by atoms with Gasteiger partial charge in [-0.25, -0.2) is 0 Å². The van der Waals surface area contributed by atoms with Gasteiger partial charge in [0.1, 0.15) is 0 Å². The molecule has 1 aliphatic rings. The number of carbonyl (C=O) groups is 1. The Kier molecular flexibility index (Phi) is 5.89. The lowest BCUT2D eigenvalue weighted by molar-refractivity contribution is -0.137. The largest absolute Gasteiger partial charge is 0.416 e. The van der Waals surface area contributed by atoms with Gasteiger partial charge in [-0.15, -0.1) is 0 Å². The molecule has 1 aromatic rings. The van der Waals surface area contributed by atoms with Crippen LogP contribution in [0.1, 0.15) is 36.9 Å². The molecule has 0 aliphatic carbocycles. The predicted octanol–water partition coefficient (Wildman–Crippen LogP) is 3.23. The second-order valence-electron chi connectivity index (χ2n) is 6.03. The standard InChI is InChI=1S/C18H21F3N2O/c1-3-5-16(24)22-12-14-6-4-11-23(2)17(14)13-7-9-15(10-8-13)18(19,20)21/h7-10,14,17H,4,6,11-12H2,1-2H3,(H,22,24)/t14-,17+/m1/s1. The number of halogens is 3. The number of amides is 1. The average Bonchev–Trinajstić information content (AvgIpc) is 2.52. The second kappa shape index (κ2) is 7.71. The zero-order chi connectivity index (χ0) is 17.7. The van der Waals surface area contributed by atoms with Crippen LogP contribution in [0.25, 0.3) is 0 Å². The Morgan fingerprint density at radius 2 is 2.00 bits per heavy atom. The van der Waals surface area contributed by atoms with E-state index in [1.54, 1.807) is 6.92 Å². The molecule has 2 rings (SSSR count). The topological polar surface area (TPSA) is 32.3 Å². The zero-order valence-corrected chi connectivity index (χ0v) is 13.8. The number of nitrogens with zero attached hydrogens (tertiary/aromatic N) is 1. The number of hydrogen-bond acceptors (Lipinski definition) is 2. The van der Waals surface area contributed by atoms with Crippen molar-refractivity contribution in [2.75, 3.05) is 20.1 Å². The molecule has 1 N–H and O–H groups in total. The highest BCUT2D eigenvalue weighted by Crippen LogP contribution is 2.36. The fourth-order valence-electron chi connectivity index (χ4n) is 3.25. The van der Waals surface area contributed by atoms with Gasteiger partial charge in [0.15, 0.2) is 0 Å². The molecule has 0 aromatic heterocycles. The number of carbonyl (C=O) groups excluding carboxylic acids is 1. The van der Waals surface area contributed by atoms with Gasteiger partial charge in [-0.2, -0.15) is 13.2 Å². The molecule has 2 atom stereocenters. The van der Waals surface area contributed by atoms with E-state index in [4.69, 9.17) is 0 Å². The van der Waals surface area contributed by atoms with Crippen LogP contribution in [0, 0.1) is 17.8 Å². The summed E-state index contributed by atoms with van der Waals surface area (Å²) in [5.74, 6) is 4.80. The van der Waals surface area contributed by atoms with Crippen molar-refractivity contribution in [1.82, 2.24) is 10.2 Å². The van der Waals surface area contributed by atoms with Crippen molar-refractivity contribution in [3.63, 3.8) is 0 Å². The molecule has 1 amide bonds. The summed E-state index contributed by atoms with van der Waals surface area (Å²) in [7, 11) is 1.96. The quantitative estimate of drug-likeness (QED) is 0.858. The molecule has 0 spiro atoms. The average molecular weight is 338 g/mol. The van der Waals surface area contributed by atoms with Crippen LogP contribution in [0.15, 0.2) is 24.3 Å². The van der Waals surface area contributed by atoms with Crippen LogP contribution in [-0.4, -0.2) is 30.9 Å². The van der Waals surface area contributed by atoms with Gasteiger partial charge in [-0.05, 0) is 62.9 Å². The van der Waals surface area contributed by atoms with Crippen molar-refractivity contribution in [3.05, 3.63) is 35.4 Å². The van der Waals surface area contributed by atoms with Gasteiger partial charge in [0.25, 0.3) is 5.91 Å². The lowest BCUT2D eigenvalue weighted by Crippen LogP contribution is -2.41. The van der Waals surface area contributed by atoms with Gasteiger partial charge in [0.05, 0.1) is 5.56 Å². The Morgan fingerprint density at radius 1 is 1.33 bits per heavy atom. The van der Waals surface area contributed by atoms with Crippen molar-refractivity contribution >= 4 is 5.91 Å². The third-order valence-corrected chi connectivity index (χ3v) is 4.35. The summed E-state index contributed by atoms with van der Waals surface area (Å²) in [6.07, 6.45) is -2.42. The molecule has 0 unspecified atom stereocenters. The molecule has 1 saturated heterocycles. The van der Waals surface area contributed by atoms with Crippen LogP contribution in [0.3, 0.4) is 0 Å². The van der Waals surface area contributed by atoms with Crippen LogP contribution in [0.4, 0.5) is 13.2 Å². The van der Waals surface area contributed by atoms with E-state index in [1.165, 1.54) is 12.1 Å². The minimum absolute atomic E-state index is 0.0177. The summed E-state index contributed by atoms with van der Waals surface area (Å²) in [5.41, 5.74) is 0.193. The van der Waals surface area contributed by atoms with Crippen molar-refractivity contribution in [3.8, 4) is 11.8 Å². The van der Waals surface area contributed by atoms with E-state index < -0.39 is 11.7 Å². The molecule has 24 heavy (non-hydrogen) atoms. The van der Waals surface area contributed by atoms with Crippen LogP contribution >= 0.6 is 0 Å². The Bertz CT molecular complexity index is 628. The molecule has 0 saturated carbocycles. The van der Waals surface area contributed by atoms with E-state index in [0.29, 0.717) is 6.54 Å². The van der Waals surface area contributed by atoms with Gasteiger partial charge >= 0.3 is 6.18 Å². The van der Waals surface area contributed by atoms with Crippen LogP contribution < -0.4 is 5.32 Å².